The van der Waals surface area contributed by atoms with E-state index in [4.69, 9.17) is 0 Å². The van der Waals surface area contributed by atoms with Crippen LogP contribution in [0.5, 0.6) is 0 Å². The number of hydrogen-bond acceptors (Lipinski definition) is 6. The minimum Gasteiger partial charge on any atom is -0.325 e. The molecule has 8 nitrogen and oxygen atoms in total. The Labute approximate surface area is 157 Å². The van der Waals surface area contributed by atoms with Crippen molar-refractivity contribution in [2.75, 3.05) is 11.9 Å². The van der Waals surface area contributed by atoms with Crippen molar-refractivity contribution in [3.8, 4) is 5.69 Å². The number of likely N-dealkylation sites (tertiary alicyclic amines) is 1. The molecule has 2 aromatic heterocycles. The van der Waals surface area contributed by atoms with E-state index in [0.29, 0.717) is 0 Å². The average molecular weight is 363 g/mol. The van der Waals surface area contributed by atoms with Gasteiger partial charge in [0.1, 0.15) is 6.33 Å². The first-order chi connectivity index (χ1) is 13.3. The third kappa shape index (κ3) is 4.17. The molecule has 0 spiro atoms. The summed E-state index contributed by atoms with van der Waals surface area (Å²) in [6.07, 6.45) is 8.19. The van der Waals surface area contributed by atoms with Gasteiger partial charge in [-0.25, -0.2) is 4.68 Å². The zero-order valence-electron chi connectivity index (χ0n) is 14.9. The molecule has 1 aliphatic heterocycles. The first-order valence-electron chi connectivity index (χ1n) is 9.07. The minimum atomic E-state index is -0.119. The number of tetrazole rings is 1. The molecular weight excluding hydrogens is 342 g/mol. The Morgan fingerprint density at radius 2 is 1.93 bits per heavy atom. The molecule has 1 amide bonds. The quantitative estimate of drug-likeness (QED) is 0.746. The van der Waals surface area contributed by atoms with Crippen LogP contribution in [-0.4, -0.2) is 48.6 Å². The number of hydrogen-bond donors (Lipinski definition) is 1. The van der Waals surface area contributed by atoms with E-state index >= 15 is 0 Å². The highest BCUT2D eigenvalue weighted by Gasteiger charge is 2.28. The third-order valence-electron chi connectivity index (χ3n) is 4.80. The summed E-state index contributed by atoms with van der Waals surface area (Å²) in [5, 5.41) is 14.2. The fourth-order valence-electron chi connectivity index (χ4n) is 3.40. The molecule has 1 fully saturated rings. The lowest BCUT2D eigenvalue weighted by Gasteiger charge is -2.34. The molecule has 3 heterocycles. The van der Waals surface area contributed by atoms with E-state index in [1.807, 2.05) is 36.4 Å². The van der Waals surface area contributed by atoms with Crippen LogP contribution in [0.1, 0.15) is 24.8 Å². The van der Waals surface area contributed by atoms with Gasteiger partial charge in [0.05, 0.1) is 11.7 Å². The second-order valence-corrected chi connectivity index (χ2v) is 6.63. The number of nitrogens with one attached hydrogen (secondary N) is 1. The molecule has 8 heteroatoms. The standard InChI is InChI=1S/C19H21N7O/c27-19(22-16-4-6-17(7-5-16)26-14-21-23-24-26)18-3-1-2-12-25(18)13-15-8-10-20-11-9-15/h4-11,14,18H,1-3,12-13H2,(H,22,27). The molecule has 138 valence electrons. The molecule has 3 aromatic rings. The molecule has 4 rings (SSSR count). The smallest absolute Gasteiger partial charge is 0.241 e. The second-order valence-electron chi connectivity index (χ2n) is 6.63. The highest BCUT2D eigenvalue weighted by Crippen LogP contribution is 2.21. The maximum atomic E-state index is 12.9. The van der Waals surface area contributed by atoms with E-state index in [9.17, 15) is 4.79 Å². The van der Waals surface area contributed by atoms with Crippen molar-refractivity contribution < 1.29 is 4.79 Å². The highest BCUT2D eigenvalue weighted by atomic mass is 16.2. The van der Waals surface area contributed by atoms with Crippen molar-refractivity contribution in [1.29, 1.82) is 0 Å². The molecule has 0 saturated carbocycles. The van der Waals surface area contributed by atoms with Crippen LogP contribution < -0.4 is 5.32 Å². The summed E-state index contributed by atoms with van der Waals surface area (Å²) in [4.78, 5) is 19.2. The van der Waals surface area contributed by atoms with Crippen molar-refractivity contribution in [3.05, 3.63) is 60.7 Å². The number of rotatable bonds is 5. The van der Waals surface area contributed by atoms with Crippen LogP contribution in [0.2, 0.25) is 0 Å². The summed E-state index contributed by atoms with van der Waals surface area (Å²) in [7, 11) is 0. The Morgan fingerprint density at radius 3 is 2.67 bits per heavy atom. The van der Waals surface area contributed by atoms with Crippen molar-refractivity contribution >= 4 is 11.6 Å². The number of anilines is 1. The Balaban J connectivity index is 1.42. The first kappa shape index (κ1) is 17.3. The molecule has 0 aliphatic carbocycles. The van der Waals surface area contributed by atoms with Crippen molar-refractivity contribution in [3.63, 3.8) is 0 Å². The predicted molar refractivity (Wildman–Crippen MR) is 100 cm³/mol. The van der Waals surface area contributed by atoms with Crippen molar-refractivity contribution in [2.45, 2.75) is 31.8 Å². The van der Waals surface area contributed by atoms with Gasteiger partial charge in [0, 0.05) is 24.6 Å². The normalized spacial score (nSPS) is 17.6. The molecule has 1 saturated heterocycles. The SMILES string of the molecule is O=C(Nc1ccc(-n2cnnn2)cc1)C1CCCCN1Cc1ccncc1. The van der Waals surface area contributed by atoms with Gasteiger partial charge in [0.25, 0.3) is 0 Å². The number of benzene rings is 1. The lowest BCUT2D eigenvalue weighted by Crippen LogP contribution is -2.46. The molecule has 1 aromatic carbocycles. The summed E-state index contributed by atoms with van der Waals surface area (Å²) in [5.41, 5.74) is 2.79. The maximum Gasteiger partial charge on any atom is 0.241 e. The van der Waals surface area contributed by atoms with Gasteiger partial charge in [-0.05, 0) is 71.8 Å². The highest BCUT2D eigenvalue weighted by molar-refractivity contribution is 5.95. The van der Waals surface area contributed by atoms with Gasteiger partial charge in [0.2, 0.25) is 5.91 Å². The summed E-state index contributed by atoms with van der Waals surface area (Å²) in [6, 6.07) is 11.4. The van der Waals surface area contributed by atoms with Crippen LogP contribution in [0.15, 0.2) is 55.1 Å². The van der Waals surface area contributed by atoms with Gasteiger partial charge in [-0.2, -0.15) is 0 Å². The molecule has 1 aliphatic rings. The minimum absolute atomic E-state index is 0.0407. The number of nitrogens with zero attached hydrogens (tertiary/aromatic N) is 6. The van der Waals surface area contributed by atoms with Crippen LogP contribution in [0.3, 0.4) is 0 Å². The van der Waals surface area contributed by atoms with Gasteiger partial charge in [-0.15, -0.1) is 5.10 Å². The first-order valence-corrected chi connectivity index (χ1v) is 9.07. The lowest BCUT2D eigenvalue weighted by atomic mass is 10.0. The molecule has 1 unspecified atom stereocenters. The monoisotopic (exact) mass is 363 g/mol. The second kappa shape index (κ2) is 8.05. The fourth-order valence-corrected chi connectivity index (χ4v) is 3.40. The Bertz CT molecular complexity index is 865. The number of pyridine rings is 1. The number of aromatic nitrogens is 5. The van der Waals surface area contributed by atoms with E-state index in [2.05, 4.69) is 30.7 Å². The van der Waals surface area contributed by atoms with E-state index < -0.39 is 0 Å². The van der Waals surface area contributed by atoms with Gasteiger partial charge in [-0.1, -0.05) is 6.42 Å². The van der Waals surface area contributed by atoms with Crippen molar-refractivity contribution in [2.24, 2.45) is 0 Å². The fraction of sp³-hybridized carbons (Fsp3) is 0.316. The zero-order chi connectivity index (χ0) is 18.5. The molecule has 27 heavy (non-hydrogen) atoms. The van der Waals surface area contributed by atoms with E-state index in [-0.39, 0.29) is 11.9 Å². The zero-order valence-corrected chi connectivity index (χ0v) is 14.9. The van der Waals surface area contributed by atoms with Gasteiger partial charge in [-0.3, -0.25) is 14.7 Å². The van der Waals surface area contributed by atoms with Crippen molar-refractivity contribution in [1.82, 2.24) is 30.1 Å². The number of amides is 1. The summed E-state index contributed by atoms with van der Waals surface area (Å²) in [5.74, 6) is 0.0407. The molecule has 1 atom stereocenters. The third-order valence-corrected chi connectivity index (χ3v) is 4.80. The molecular formula is C19H21N7O. The summed E-state index contributed by atoms with van der Waals surface area (Å²) < 4.78 is 1.57. The van der Waals surface area contributed by atoms with Crippen LogP contribution in [0.25, 0.3) is 5.69 Å². The summed E-state index contributed by atoms with van der Waals surface area (Å²) in [6.45, 7) is 1.69. The van der Waals surface area contributed by atoms with Gasteiger partial charge < -0.3 is 5.32 Å². The van der Waals surface area contributed by atoms with E-state index in [1.54, 1.807) is 17.1 Å². The molecule has 1 N–H and O–H groups in total. The predicted octanol–water partition coefficient (Wildman–Crippen LogP) is 2.05. The lowest BCUT2D eigenvalue weighted by molar-refractivity contribution is -0.122. The van der Waals surface area contributed by atoms with Crippen LogP contribution in [0.4, 0.5) is 5.69 Å². The summed E-state index contributed by atoms with van der Waals surface area (Å²) >= 11 is 0. The van der Waals surface area contributed by atoms with Gasteiger partial charge >= 0.3 is 0 Å². The van der Waals surface area contributed by atoms with Crippen LogP contribution >= 0.6 is 0 Å². The van der Waals surface area contributed by atoms with E-state index in [1.165, 1.54) is 11.9 Å². The van der Waals surface area contributed by atoms with Crippen LogP contribution in [0, 0.1) is 0 Å². The Kier molecular flexibility index (Phi) is 5.15. The largest absolute Gasteiger partial charge is 0.325 e. The average Bonchev–Trinajstić information content (AvgIpc) is 3.25. The van der Waals surface area contributed by atoms with Crippen LogP contribution in [-0.2, 0) is 11.3 Å². The topological polar surface area (TPSA) is 88.8 Å². The number of piperidine rings is 1. The maximum absolute atomic E-state index is 12.9. The molecule has 0 radical (unpaired) electrons. The Hall–Kier alpha value is -3.13. The van der Waals surface area contributed by atoms with E-state index in [0.717, 1.165) is 43.7 Å². The number of carbonyl (C=O) groups excluding carboxylic acids is 1. The number of carbonyl (C=O) groups is 1. The van der Waals surface area contributed by atoms with Gasteiger partial charge in [0.15, 0.2) is 0 Å². The Morgan fingerprint density at radius 1 is 1.11 bits per heavy atom. The molecule has 0 bridgehead atoms.